The first-order valence-electron chi connectivity index (χ1n) is 5.71. The van der Waals surface area contributed by atoms with Crippen molar-refractivity contribution in [1.82, 2.24) is 0 Å². The number of carbonyl (C=O) groups is 1. The van der Waals surface area contributed by atoms with Crippen LogP contribution in [0.1, 0.15) is 15.9 Å². The molecular formula is C14H10FNO4. The molecule has 20 heavy (non-hydrogen) atoms. The maximum atomic E-state index is 13.5. The van der Waals surface area contributed by atoms with Gasteiger partial charge in [0.25, 0.3) is 5.69 Å². The van der Waals surface area contributed by atoms with Crippen LogP contribution in [-0.2, 0) is 6.61 Å². The number of carbonyl (C=O) groups excluding carboxylic acids is 1. The van der Waals surface area contributed by atoms with Crippen molar-refractivity contribution in [1.29, 1.82) is 0 Å². The molecule has 0 aromatic heterocycles. The van der Waals surface area contributed by atoms with Crippen molar-refractivity contribution in [2.75, 3.05) is 0 Å². The predicted molar refractivity (Wildman–Crippen MR) is 69.2 cm³/mol. The standard InChI is InChI=1S/C14H10FNO4/c15-13-3-1-2-11(8-17)14(13)20-9-10-4-6-12(7-5-10)16(18)19/h1-8H,9H2. The molecule has 5 nitrogen and oxygen atoms in total. The first-order valence-corrected chi connectivity index (χ1v) is 5.71. The van der Waals surface area contributed by atoms with Gasteiger partial charge in [0.15, 0.2) is 17.9 Å². The molecule has 0 aliphatic rings. The lowest BCUT2D eigenvalue weighted by Crippen LogP contribution is -2.00. The normalized spacial score (nSPS) is 10.1. The topological polar surface area (TPSA) is 69.4 Å². The van der Waals surface area contributed by atoms with E-state index in [4.69, 9.17) is 4.74 Å². The van der Waals surface area contributed by atoms with Crippen LogP contribution in [0.2, 0.25) is 0 Å². The molecule has 0 aliphatic heterocycles. The van der Waals surface area contributed by atoms with Gasteiger partial charge in [-0.2, -0.15) is 0 Å². The van der Waals surface area contributed by atoms with Crippen molar-refractivity contribution in [3.63, 3.8) is 0 Å². The number of para-hydroxylation sites is 1. The van der Waals surface area contributed by atoms with Crippen molar-refractivity contribution < 1.29 is 18.8 Å². The highest BCUT2D eigenvalue weighted by Gasteiger charge is 2.10. The van der Waals surface area contributed by atoms with Gasteiger partial charge in [0.2, 0.25) is 0 Å². The van der Waals surface area contributed by atoms with Gasteiger partial charge in [0.05, 0.1) is 10.5 Å². The van der Waals surface area contributed by atoms with Gasteiger partial charge in [-0.3, -0.25) is 14.9 Å². The number of hydrogen-bond donors (Lipinski definition) is 0. The Labute approximate surface area is 113 Å². The number of nitrogens with zero attached hydrogens (tertiary/aromatic N) is 1. The highest BCUT2D eigenvalue weighted by atomic mass is 19.1. The van der Waals surface area contributed by atoms with Crippen molar-refractivity contribution in [2.45, 2.75) is 6.61 Å². The molecule has 0 N–H and O–H groups in total. The molecule has 0 fully saturated rings. The number of non-ortho nitro benzene ring substituents is 1. The largest absolute Gasteiger partial charge is 0.485 e. The van der Waals surface area contributed by atoms with Crippen LogP contribution in [0, 0.1) is 15.9 Å². The van der Waals surface area contributed by atoms with Gasteiger partial charge < -0.3 is 4.74 Å². The van der Waals surface area contributed by atoms with E-state index in [1.54, 1.807) is 0 Å². The van der Waals surface area contributed by atoms with Crippen LogP contribution in [0.3, 0.4) is 0 Å². The first-order chi connectivity index (χ1) is 9.61. The Balaban J connectivity index is 2.13. The second kappa shape index (κ2) is 5.92. The Morgan fingerprint density at radius 2 is 1.90 bits per heavy atom. The third kappa shape index (κ3) is 2.97. The molecule has 0 aliphatic carbocycles. The third-order valence-electron chi connectivity index (χ3n) is 2.65. The Bertz CT molecular complexity index is 640. The zero-order valence-electron chi connectivity index (χ0n) is 10.3. The van der Waals surface area contributed by atoms with E-state index in [-0.39, 0.29) is 23.6 Å². The van der Waals surface area contributed by atoms with Crippen LogP contribution in [0.25, 0.3) is 0 Å². The molecular weight excluding hydrogens is 265 g/mol. The molecule has 0 saturated carbocycles. The Kier molecular flexibility index (Phi) is 4.05. The molecule has 0 unspecified atom stereocenters. The summed E-state index contributed by atoms with van der Waals surface area (Å²) < 4.78 is 18.8. The number of rotatable bonds is 5. The summed E-state index contributed by atoms with van der Waals surface area (Å²) >= 11 is 0. The Morgan fingerprint density at radius 1 is 1.20 bits per heavy atom. The summed E-state index contributed by atoms with van der Waals surface area (Å²) in [7, 11) is 0. The predicted octanol–water partition coefficient (Wildman–Crippen LogP) is 3.13. The second-order valence-electron chi connectivity index (χ2n) is 3.99. The average Bonchev–Trinajstić information content (AvgIpc) is 2.46. The van der Waals surface area contributed by atoms with E-state index in [1.807, 2.05) is 0 Å². The number of ether oxygens (including phenoxy) is 1. The fraction of sp³-hybridized carbons (Fsp3) is 0.0714. The summed E-state index contributed by atoms with van der Waals surface area (Å²) in [5, 5.41) is 10.5. The van der Waals surface area contributed by atoms with Gasteiger partial charge >= 0.3 is 0 Å². The molecule has 2 aromatic rings. The maximum absolute atomic E-state index is 13.5. The minimum absolute atomic E-state index is 0.0137. The number of halogens is 1. The SMILES string of the molecule is O=Cc1cccc(F)c1OCc1ccc([N+](=O)[O-])cc1. The zero-order valence-corrected chi connectivity index (χ0v) is 10.3. The number of hydrogen-bond acceptors (Lipinski definition) is 4. The van der Waals surface area contributed by atoms with E-state index in [0.717, 1.165) is 0 Å². The van der Waals surface area contributed by atoms with Crippen molar-refractivity contribution in [2.24, 2.45) is 0 Å². The summed E-state index contributed by atoms with van der Waals surface area (Å²) in [6, 6.07) is 9.75. The Morgan fingerprint density at radius 3 is 2.50 bits per heavy atom. The summed E-state index contributed by atoms with van der Waals surface area (Å²) in [4.78, 5) is 20.8. The molecule has 0 heterocycles. The summed E-state index contributed by atoms with van der Waals surface area (Å²) in [5.74, 6) is -0.752. The van der Waals surface area contributed by atoms with E-state index in [1.165, 1.54) is 42.5 Å². The zero-order chi connectivity index (χ0) is 14.5. The van der Waals surface area contributed by atoms with Crippen LogP contribution >= 0.6 is 0 Å². The molecule has 0 radical (unpaired) electrons. The lowest BCUT2D eigenvalue weighted by molar-refractivity contribution is -0.384. The Hall–Kier alpha value is -2.76. The molecule has 0 amide bonds. The summed E-state index contributed by atoms with van der Waals surface area (Å²) in [6.45, 7) is 0.0137. The number of aldehydes is 1. The fourth-order valence-corrected chi connectivity index (χ4v) is 1.64. The van der Waals surface area contributed by atoms with Gasteiger partial charge in [-0.05, 0) is 29.8 Å². The quantitative estimate of drug-likeness (QED) is 0.477. The van der Waals surface area contributed by atoms with E-state index < -0.39 is 10.7 Å². The smallest absolute Gasteiger partial charge is 0.269 e. The van der Waals surface area contributed by atoms with Crippen molar-refractivity contribution >= 4 is 12.0 Å². The number of nitro benzene ring substituents is 1. The maximum Gasteiger partial charge on any atom is 0.269 e. The van der Waals surface area contributed by atoms with Crippen molar-refractivity contribution in [3.05, 3.63) is 69.5 Å². The minimum atomic E-state index is -0.628. The highest BCUT2D eigenvalue weighted by Crippen LogP contribution is 2.22. The number of nitro groups is 1. The van der Waals surface area contributed by atoms with Gasteiger partial charge in [0.1, 0.15) is 6.61 Å². The monoisotopic (exact) mass is 275 g/mol. The molecule has 6 heteroatoms. The van der Waals surface area contributed by atoms with E-state index in [2.05, 4.69) is 0 Å². The van der Waals surface area contributed by atoms with E-state index in [9.17, 15) is 19.3 Å². The van der Waals surface area contributed by atoms with Crippen LogP contribution < -0.4 is 4.74 Å². The molecule has 0 atom stereocenters. The fourth-order valence-electron chi connectivity index (χ4n) is 1.64. The van der Waals surface area contributed by atoms with E-state index in [0.29, 0.717) is 11.8 Å². The lowest BCUT2D eigenvalue weighted by atomic mass is 10.2. The molecule has 0 bridgehead atoms. The van der Waals surface area contributed by atoms with Gasteiger partial charge in [0, 0.05) is 12.1 Å². The summed E-state index contributed by atoms with van der Waals surface area (Å²) in [6.07, 6.45) is 0.508. The number of benzene rings is 2. The highest BCUT2D eigenvalue weighted by molar-refractivity contribution is 5.79. The van der Waals surface area contributed by atoms with Crippen LogP contribution in [-0.4, -0.2) is 11.2 Å². The van der Waals surface area contributed by atoms with E-state index >= 15 is 0 Å². The van der Waals surface area contributed by atoms with Gasteiger partial charge in [-0.25, -0.2) is 4.39 Å². The van der Waals surface area contributed by atoms with Crippen LogP contribution in [0.4, 0.5) is 10.1 Å². The molecule has 0 spiro atoms. The van der Waals surface area contributed by atoms with Crippen LogP contribution in [0.15, 0.2) is 42.5 Å². The third-order valence-corrected chi connectivity index (χ3v) is 2.65. The molecule has 2 aromatic carbocycles. The van der Waals surface area contributed by atoms with Gasteiger partial charge in [-0.15, -0.1) is 0 Å². The average molecular weight is 275 g/mol. The molecule has 0 saturated heterocycles. The second-order valence-corrected chi connectivity index (χ2v) is 3.99. The lowest BCUT2D eigenvalue weighted by Gasteiger charge is -2.09. The first kappa shape index (κ1) is 13.7. The minimum Gasteiger partial charge on any atom is -0.485 e. The molecule has 102 valence electrons. The summed E-state index contributed by atoms with van der Waals surface area (Å²) in [5.41, 5.74) is 0.718. The van der Waals surface area contributed by atoms with Crippen molar-refractivity contribution in [3.8, 4) is 5.75 Å². The van der Waals surface area contributed by atoms with Gasteiger partial charge in [-0.1, -0.05) is 6.07 Å². The molecule has 2 rings (SSSR count). The van der Waals surface area contributed by atoms with Crippen LogP contribution in [0.5, 0.6) is 5.75 Å².